The van der Waals surface area contributed by atoms with Crippen LogP contribution in [0.4, 0.5) is 0 Å². The van der Waals surface area contributed by atoms with Crippen LogP contribution in [0.2, 0.25) is 25.7 Å². The Morgan fingerprint density at radius 3 is 1.72 bits per heavy atom. The van der Waals surface area contributed by atoms with Gasteiger partial charge in [0, 0.05) is 49.3 Å². The smallest absolute Gasteiger partial charge is 0.367 e. The molecule has 4 aliphatic heterocycles. The Labute approximate surface area is 557 Å². The maximum Gasteiger partial charge on any atom is 0.367 e. The van der Waals surface area contributed by atoms with Gasteiger partial charge >= 0.3 is 47.8 Å². The number of carbonyl (C=O) groups is 12. The topological polar surface area (TPSA) is 419 Å². The minimum atomic E-state index is -3.68. The van der Waals surface area contributed by atoms with Gasteiger partial charge in [0.1, 0.15) is 49.8 Å². The van der Waals surface area contributed by atoms with Gasteiger partial charge < -0.3 is 92.3 Å². The van der Waals surface area contributed by atoms with Crippen LogP contribution in [0.15, 0.2) is 91.0 Å². The van der Waals surface area contributed by atoms with Gasteiger partial charge in [-0.05, 0) is 56.3 Å². The summed E-state index contributed by atoms with van der Waals surface area (Å²) in [5, 5.41) is 42.4. The number of rotatable bonds is 26. The lowest BCUT2D eigenvalue weighted by atomic mass is 9.70. The molecule has 5 N–H and O–H groups in total. The fraction of sp³-hybridized carbons (Fsp3) is 0.538. The second-order valence-electron chi connectivity index (χ2n) is 24.8. The molecule has 4 fully saturated rings. The molecule has 0 radical (unpaired) electrons. The molecule has 0 aromatic heterocycles. The number of methoxy groups -OCH3 is 1. The molecule has 0 bridgehead atoms. The second kappa shape index (κ2) is 31.8. The van der Waals surface area contributed by atoms with Crippen LogP contribution < -0.4 is 10.6 Å². The summed E-state index contributed by atoms with van der Waals surface area (Å²) in [7, 11) is -1.28. The number of hydrogen-bond acceptors (Lipinski definition) is 29. The maximum absolute atomic E-state index is 15.4. The van der Waals surface area contributed by atoms with Gasteiger partial charge in [-0.3, -0.25) is 33.6 Å². The summed E-state index contributed by atoms with van der Waals surface area (Å²) in [5.41, 5.74) is -7.21. The van der Waals surface area contributed by atoms with E-state index in [1.807, 2.05) is 19.6 Å². The molecule has 7 rings (SSSR count). The molecule has 528 valence electrons. The maximum atomic E-state index is 15.4. The number of carbonyl (C=O) groups excluding carboxylic acids is 12. The first-order valence-corrected chi connectivity index (χ1v) is 34.4. The van der Waals surface area contributed by atoms with E-state index in [0.29, 0.717) is 13.0 Å². The van der Waals surface area contributed by atoms with Crippen molar-refractivity contribution in [3.8, 4) is 0 Å². The van der Waals surface area contributed by atoms with Gasteiger partial charge in [-0.15, -0.1) is 0 Å². The predicted octanol–water partition coefficient (Wildman–Crippen LogP) is 1.28. The zero-order chi connectivity index (χ0) is 71.5. The molecule has 17 atom stereocenters. The first-order chi connectivity index (χ1) is 45.6. The van der Waals surface area contributed by atoms with Crippen LogP contribution >= 0.6 is 0 Å². The summed E-state index contributed by atoms with van der Waals surface area (Å²) in [6.45, 7) is 8.72. The number of benzene rings is 3. The van der Waals surface area contributed by atoms with Crippen LogP contribution in [-0.2, 0) is 109 Å². The van der Waals surface area contributed by atoms with Gasteiger partial charge in [-0.2, -0.15) is 0 Å². The Bertz CT molecular complexity index is 3390. The number of hydrogen-bond donors (Lipinski definition) is 5. The average molecular weight is 1380 g/mol. The lowest BCUT2D eigenvalue weighted by Crippen LogP contribution is -2.80. The first-order valence-electron chi connectivity index (χ1n) is 30.7. The van der Waals surface area contributed by atoms with Gasteiger partial charge in [0.25, 0.3) is 11.6 Å². The van der Waals surface area contributed by atoms with E-state index in [1.165, 1.54) is 60.7 Å². The summed E-state index contributed by atoms with van der Waals surface area (Å²) in [5.74, 6) is -21.3. The summed E-state index contributed by atoms with van der Waals surface area (Å²) >= 11 is 0. The van der Waals surface area contributed by atoms with Crippen molar-refractivity contribution >= 4 is 79.2 Å². The van der Waals surface area contributed by atoms with Gasteiger partial charge in [0.15, 0.2) is 53.5 Å². The second-order valence-corrected chi connectivity index (χ2v) is 30.4. The Hall–Kier alpha value is -8.44. The van der Waals surface area contributed by atoms with E-state index in [-0.39, 0.29) is 23.3 Å². The Morgan fingerprint density at radius 1 is 0.691 bits per heavy atom. The Kier molecular flexibility index (Phi) is 24.9. The number of aliphatic hydroxyl groups is 3. The summed E-state index contributed by atoms with van der Waals surface area (Å²) in [6.07, 6.45) is -26.1. The zero-order valence-corrected chi connectivity index (χ0v) is 56.1. The van der Waals surface area contributed by atoms with Crippen LogP contribution in [0.5, 0.6) is 0 Å². The zero-order valence-electron chi connectivity index (χ0n) is 55.1. The molecule has 3 aromatic carbocycles. The minimum Gasteiger partial charge on any atom is -0.465 e. The van der Waals surface area contributed by atoms with E-state index >= 15 is 9.59 Å². The number of amides is 2. The monoisotopic (exact) mass is 1380 g/mol. The van der Waals surface area contributed by atoms with Crippen molar-refractivity contribution in [3.63, 3.8) is 0 Å². The number of ketones is 2. The summed E-state index contributed by atoms with van der Waals surface area (Å²) in [4.78, 5) is 168. The molecule has 0 aliphatic carbocycles. The van der Waals surface area contributed by atoms with Gasteiger partial charge in [0.05, 0.1) is 55.3 Å². The normalized spacial score (nSPS) is 29.1. The molecule has 31 nitrogen and oxygen atoms in total. The van der Waals surface area contributed by atoms with Crippen molar-refractivity contribution in [1.82, 2.24) is 10.6 Å². The Balaban J connectivity index is 1.48. The molecular weight excluding hydrogens is 1300 g/mol. The summed E-state index contributed by atoms with van der Waals surface area (Å²) < 4.78 is 85.2. The molecule has 4 saturated heterocycles. The van der Waals surface area contributed by atoms with Gasteiger partial charge in [-0.25, -0.2) is 24.0 Å². The highest BCUT2D eigenvalue weighted by atomic mass is 28.3. The number of aliphatic hydroxyl groups excluding tert-OH is 1. The average Bonchev–Trinajstić information content (AvgIpc) is 0.710. The lowest BCUT2D eigenvalue weighted by Gasteiger charge is -2.57. The quantitative estimate of drug-likeness (QED) is 0.0429. The van der Waals surface area contributed by atoms with Crippen molar-refractivity contribution in [2.24, 2.45) is 0 Å². The molecule has 1 spiro atoms. The minimum absolute atomic E-state index is 0.0414. The number of cyclic esters (lactones) is 1. The SMILES string of the molecule is COC(=O)[C@@]1(O[C@H]2[C@@H](OC(=O)c3ccccc3)[C@@H](COC(=O)c3ccccc3)O[C@@H](OCC[Si](C)(C)C)[C@@H]2OC(=O)c2ccccc2)C[C@@](O)(C(C)=O)[C@@H](NC(C)=O)[C@H]([C@@](O)(C(C)=O)[C@H]2COC(=O)C3(C[C@H](OC(C)=O)[C@@H](NC(C)=O)[C@H]([C@H](OC(C)=O)[C@@H](CO)OC(C)=O)O3)O2)O1. The molecule has 4 heterocycles. The largest absolute Gasteiger partial charge is 0.465 e. The standard InChI is InChI=1S/C65H80N2O29Si/c1-34(69)62(81)33-64(60(79)83-8,95-52-50(91-57(77)42-23-17-13-18-24-42)46(31-85-56(76)41-21-15-12-16-22-41)90-59(84-27-28-97(9,10)11)53(52)92-58(78)43-25-19-14-20-26-43)96-55(54(62)67-37(4)72)65(82,35(2)70)47-32-86-61(80)63(93-47)29-44(87-38(5)73)48(66-36(3)71)51(94-63)49(89-40(7)75)45(30-68)88-39(6)74/h12-26,44-55,59,68,81-82H,27-33H2,1-11H3,(H,66,71)(H,67,72)/t44-,45+,46+,47+,48+,49+,50-,51+,52-,53+,54-,55+,59+,62+,63?,64+,65+/m0/s1. The number of Topliss-reactive ketones (excluding diaryl/α,β-unsaturated/α-hetero) is 2. The molecule has 4 aliphatic rings. The fourth-order valence-corrected chi connectivity index (χ4v) is 12.4. The highest BCUT2D eigenvalue weighted by molar-refractivity contribution is 6.76. The molecule has 97 heavy (non-hydrogen) atoms. The van der Waals surface area contributed by atoms with Crippen LogP contribution in [0.3, 0.4) is 0 Å². The van der Waals surface area contributed by atoms with Crippen molar-refractivity contribution in [3.05, 3.63) is 108 Å². The van der Waals surface area contributed by atoms with Crippen LogP contribution in [0.25, 0.3) is 0 Å². The molecule has 32 heteroatoms. The third-order valence-electron chi connectivity index (χ3n) is 16.3. The highest BCUT2D eigenvalue weighted by Gasteiger charge is 2.73. The number of nitrogens with one attached hydrogen (secondary N) is 2. The van der Waals surface area contributed by atoms with Crippen LogP contribution in [0, 0.1) is 0 Å². The van der Waals surface area contributed by atoms with E-state index in [0.717, 1.165) is 48.7 Å². The molecule has 0 saturated carbocycles. The Morgan fingerprint density at radius 2 is 1.24 bits per heavy atom. The third-order valence-corrected chi connectivity index (χ3v) is 18.0. The van der Waals surface area contributed by atoms with E-state index in [4.69, 9.17) is 66.3 Å². The first kappa shape index (κ1) is 75.9. The van der Waals surface area contributed by atoms with E-state index in [1.54, 1.807) is 30.3 Å². The van der Waals surface area contributed by atoms with Crippen molar-refractivity contribution < 1.29 is 139 Å². The highest BCUT2D eigenvalue weighted by Crippen LogP contribution is 2.49. The number of esters is 8. The van der Waals surface area contributed by atoms with E-state index in [2.05, 4.69) is 10.6 Å². The molecule has 2 amide bonds. The molecular formula is C65H80N2O29Si. The summed E-state index contributed by atoms with van der Waals surface area (Å²) in [6, 6.07) is 18.4. The van der Waals surface area contributed by atoms with E-state index < -0.39 is 214 Å². The van der Waals surface area contributed by atoms with Crippen molar-refractivity contribution in [2.75, 3.05) is 33.5 Å². The predicted molar refractivity (Wildman–Crippen MR) is 328 cm³/mol. The van der Waals surface area contributed by atoms with Crippen LogP contribution in [-0.4, -0.2) is 230 Å². The van der Waals surface area contributed by atoms with Crippen LogP contribution in [0.1, 0.15) is 92.4 Å². The molecule has 1 unspecified atom stereocenters. The van der Waals surface area contributed by atoms with Gasteiger partial charge in [-0.1, -0.05) is 74.2 Å². The van der Waals surface area contributed by atoms with E-state index in [9.17, 15) is 63.3 Å². The van der Waals surface area contributed by atoms with Crippen molar-refractivity contribution in [1.29, 1.82) is 0 Å². The third kappa shape index (κ3) is 17.8. The fourth-order valence-electron chi connectivity index (χ4n) is 11.7. The van der Waals surface area contributed by atoms with Crippen molar-refractivity contribution in [2.45, 2.75) is 189 Å². The molecule has 3 aromatic rings. The number of ether oxygens (including phenoxy) is 14. The van der Waals surface area contributed by atoms with Gasteiger partial charge in [0.2, 0.25) is 11.8 Å². The lowest BCUT2D eigenvalue weighted by molar-refractivity contribution is -0.389.